The summed E-state index contributed by atoms with van der Waals surface area (Å²) in [5.74, 6) is 0.627. The van der Waals surface area contributed by atoms with Crippen LogP contribution in [0, 0.1) is 5.82 Å². The molecule has 5 heteroatoms. The molecule has 2 rings (SSSR count). The maximum atomic E-state index is 12.9. The van der Waals surface area contributed by atoms with E-state index in [-0.39, 0.29) is 11.9 Å². The minimum Gasteiger partial charge on any atom is -0.383 e. The number of nitrogens with one attached hydrogen (secondary N) is 1. The predicted octanol–water partition coefficient (Wildman–Crippen LogP) is 2.88. The van der Waals surface area contributed by atoms with E-state index >= 15 is 0 Å². The van der Waals surface area contributed by atoms with Gasteiger partial charge in [-0.2, -0.15) is 0 Å². The van der Waals surface area contributed by atoms with Crippen LogP contribution in [0.2, 0.25) is 0 Å². The number of nitrogens with zero attached hydrogens (tertiary/aromatic N) is 2. The van der Waals surface area contributed by atoms with Crippen molar-refractivity contribution < 1.29 is 9.13 Å². The quantitative estimate of drug-likeness (QED) is 0.791. The summed E-state index contributed by atoms with van der Waals surface area (Å²) in [6.45, 7) is 3.47. The lowest BCUT2D eigenvalue weighted by molar-refractivity contribution is 0.210. The molecule has 1 unspecified atom stereocenters. The van der Waals surface area contributed by atoms with E-state index in [1.165, 1.54) is 12.1 Å². The number of halogens is 1. The molecule has 0 saturated carbocycles. The van der Waals surface area contributed by atoms with Crippen LogP contribution < -0.4 is 5.32 Å². The maximum Gasteiger partial charge on any atom is 0.203 e. The van der Waals surface area contributed by atoms with Gasteiger partial charge in [0.1, 0.15) is 5.82 Å². The minimum atomic E-state index is -0.203. The maximum absolute atomic E-state index is 12.9. The van der Waals surface area contributed by atoms with Gasteiger partial charge < -0.3 is 14.6 Å². The van der Waals surface area contributed by atoms with Crippen molar-refractivity contribution in [3.63, 3.8) is 0 Å². The molecule has 0 aliphatic heterocycles. The first-order valence-electron chi connectivity index (χ1n) is 6.71. The molecule has 0 radical (unpaired) electrons. The fourth-order valence-corrected chi connectivity index (χ4v) is 2.13. The van der Waals surface area contributed by atoms with Crippen LogP contribution in [0.4, 0.5) is 10.3 Å². The summed E-state index contributed by atoms with van der Waals surface area (Å²) in [7, 11) is 1.67. The van der Waals surface area contributed by atoms with Crippen LogP contribution in [-0.2, 0) is 11.2 Å². The second kappa shape index (κ2) is 7.05. The van der Waals surface area contributed by atoms with Crippen molar-refractivity contribution in [2.45, 2.75) is 19.4 Å². The SMILES string of the molecule is COCCNc1nccn1C(C)Cc1ccc(F)cc1. The summed E-state index contributed by atoms with van der Waals surface area (Å²) < 4.78 is 20.0. The first-order valence-corrected chi connectivity index (χ1v) is 6.71. The molecule has 20 heavy (non-hydrogen) atoms. The van der Waals surface area contributed by atoms with Gasteiger partial charge in [0.2, 0.25) is 5.95 Å². The Hall–Kier alpha value is -1.88. The fraction of sp³-hybridized carbons (Fsp3) is 0.400. The van der Waals surface area contributed by atoms with Crippen molar-refractivity contribution in [1.29, 1.82) is 0 Å². The van der Waals surface area contributed by atoms with Gasteiger partial charge in [-0.05, 0) is 31.0 Å². The number of hydrogen-bond acceptors (Lipinski definition) is 3. The van der Waals surface area contributed by atoms with Gasteiger partial charge in [-0.3, -0.25) is 0 Å². The lowest BCUT2D eigenvalue weighted by Gasteiger charge is -2.17. The molecule has 0 saturated heterocycles. The summed E-state index contributed by atoms with van der Waals surface area (Å²) in [6.07, 6.45) is 4.55. The molecular weight excluding hydrogens is 257 g/mol. The summed E-state index contributed by atoms with van der Waals surface area (Å²) in [6, 6.07) is 6.87. The van der Waals surface area contributed by atoms with E-state index in [4.69, 9.17) is 4.74 Å². The average Bonchev–Trinajstić information content (AvgIpc) is 2.90. The summed E-state index contributed by atoms with van der Waals surface area (Å²) >= 11 is 0. The van der Waals surface area contributed by atoms with E-state index in [1.807, 2.05) is 18.3 Å². The van der Waals surface area contributed by atoms with Crippen molar-refractivity contribution in [2.24, 2.45) is 0 Å². The van der Waals surface area contributed by atoms with Crippen LogP contribution in [0.1, 0.15) is 18.5 Å². The van der Waals surface area contributed by atoms with Crippen molar-refractivity contribution in [1.82, 2.24) is 9.55 Å². The molecular formula is C15H20FN3O. The number of hydrogen-bond donors (Lipinski definition) is 1. The third-order valence-electron chi connectivity index (χ3n) is 3.18. The molecule has 1 N–H and O–H groups in total. The molecule has 0 aliphatic carbocycles. The Morgan fingerprint density at radius 1 is 1.35 bits per heavy atom. The van der Waals surface area contributed by atoms with Gasteiger partial charge in [0.05, 0.1) is 6.61 Å². The normalized spacial score (nSPS) is 12.3. The Labute approximate surface area is 118 Å². The molecule has 0 amide bonds. The first-order chi connectivity index (χ1) is 9.70. The van der Waals surface area contributed by atoms with Crippen molar-refractivity contribution in [3.8, 4) is 0 Å². The summed E-state index contributed by atoms with van der Waals surface area (Å²) in [5.41, 5.74) is 1.11. The Morgan fingerprint density at radius 2 is 2.10 bits per heavy atom. The number of ether oxygens (including phenoxy) is 1. The second-order valence-electron chi connectivity index (χ2n) is 4.76. The largest absolute Gasteiger partial charge is 0.383 e. The minimum absolute atomic E-state index is 0.203. The van der Waals surface area contributed by atoms with Crippen LogP contribution in [-0.4, -0.2) is 29.8 Å². The van der Waals surface area contributed by atoms with Gasteiger partial charge in [0.15, 0.2) is 0 Å². The lowest BCUT2D eigenvalue weighted by Crippen LogP contribution is -2.15. The van der Waals surface area contributed by atoms with E-state index in [0.717, 1.165) is 24.5 Å². The number of methoxy groups -OCH3 is 1. The highest BCUT2D eigenvalue weighted by atomic mass is 19.1. The highest BCUT2D eigenvalue weighted by Crippen LogP contribution is 2.18. The Kier molecular flexibility index (Phi) is 5.12. The average molecular weight is 277 g/mol. The molecule has 1 aromatic heterocycles. The zero-order valence-corrected chi connectivity index (χ0v) is 11.8. The third kappa shape index (κ3) is 3.81. The Bertz CT molecular complexity index is 524. The molecule has 0 aliphatic rings. The van der Waals surface area contributed by atoms with Gasteiger partial charge in [0, 0.05) is 32.1 Å². The van der Waals surface area contributed by atoms with E-state index in [2.05, 4.69) is 21.8 Å². The second-order valence-corrected chi connectivity index (χ2v) is 4.76. The van der Waals surface area contributed by atoms with Gasteiger partial charge in [-0.1, -0.05) is 12.1 Å². The number of imidazole rings is 1. The van der Waals surface area contributed by atoms with Gasteiger partial charge in [0.25, 0.3) is 0 Å². The molecule has 0 bridgehead atoms. The molecule has 108 valence electrons. The topological polar surface area (TPSA) is 39.1 Å². The van der Waals surface area contributed by atoms with Crippen molar-refractivity contribution in [2.75, 3.05) is 25.6 Å². The summed E-state index contributed by atoms with van der Waals surface area (Å²) in [4.78, 5) is 4.30. The van der Waals surface area contributed by atoms with E-state index < -0.39 is 0 Å². The molecule has 0 spiro atoms. The van der Waals surface area contributed by atoms with Crippen LogP contribution in [0.5, 0.6) is 0 Å². The lowest BCUT2D eigenvalue weighted by atomic mass is 10.1. The first kappa shape index (κ1) is 14.5. The smallest absolute Gasteiger partial charge is 0.203 e. The van der Waals surface area contributed by atoms with Crippen molar-refractivity contribution in [3.05, 3.63) is 48.0 Å². The standard InChI is InChI=1S/C15H20FN3O/c1-12(11-13-3-5-14(16)6-4-13)19-9-7-17-15(19)18-8-10-20-2/h3-7,9,12H,8,10-11H2,1-2H3,(H,17,18). The van der Waals surface area contributed by atoms with Gasteiger partial charge in [-0.25, -0.2) is 9.37 Å². The molecule has 1 aromatic carbocycles. The number of aromatic nitrogens is 2. The van der Waals surface area contributed by atoms with E-state index in [9.17, 15) is 4.39 Å². The van der Waals surface area contributed by atoms with Crippen LogP contribution in [0.15, 0.2) is 36.7 Å². The number of benzene rings is 1. The monoisotopic (exact) mass is 277 g/mol. The van der Waals surface area contributed by atoms with Crippen LogP contribution in [0.25, 0.3) is 0 Å². The number of rotatable bonds is 7. The molecule has 2 aromatic rings. The van der Waals surface area contributed by atoms with Gasteiger partial charge in [-0.15, -0.1) is 0 Å². The predicted molar refractivity (Wildman–Crippen MR) is 77.4 cm³/mol. The Balaban J connectivity index is 2.00. The van der Waals surface area contributed by atoms with Crippen LogP contribution >= 0.6 is 0 Å². The van der Waals surface area contributed by atoms with Crippen LogP contribution in [0.3, 0.4) is 0 Å². The van der Waals surface area contributed by atoms with E-state index in [0.29, 0.717) is 6.61 Å². The third-order valence-corrected chi connectivity index (χ3v) is 3.18. The van der Waals surface area contributed by atoms with Crippen molar-refractivity contribution >= 4 is 5.95 Å². The highest BCUT2D eigenvalue weighted by molar-refractivity contribution is 5.27. The molecule has 1 atom stereocenters. The molecule has 1 heterocycles. The summed E-state index contributed by atoms with van der Waals surface area (Å²) in [5, 5.41) is 3.24. The van der Waals surface area contributed by atoms with Gasteiger partial charge >= 0.3 is 0 Å². The number of anilines is 1. The Morgan fingerprint density at radius 3 is 2.80 bits per heavy atom. The zero-order chi connectivity index (χ0) is 14.4. The highest BCUT2D eigenvalue weighted by Gasteiger charge is 2.10. The molecule has 4 nitrogen and oxygen atoms in total. The van der Waals surface area contributed by atoms with E-state index in [1.54, 1.807) is 13.3 Å². The fourth-order valence-electron chi connectivity index (χ4n) is 2.13. The molecule has 0 fully saturated rings. The zero-order valence-electron chi connectivity index (χ0n) is 11.8.